The molecule has 0 amide bonds. The number of halogens is 2. The summed E-state index contributed by atoms with van der Waals surface area (Å²) in [6, 6.07) is 3.67. The average Bonchev–Trinajstić information content (AvgIpc) is 3.47. The Morgan fingerprint density at radius 1 is 1.17 bits per heavy atom. The molecule has 0 saturated heterocycles. The first-order valence-electron chi connectivity index (χ1n) is 12.5. The minimum absolute atomic E-state index is 0.0213. The highest BCUT2D eigenvalue weighted by Gasteiger charge is 2.32. The molecule has 1 fully saturated rings. The van der Waals surface area contributed by atoms with Crippen molar-refractivity contribution in [2.45, 2.75) is 64.0 Å². The van der Waals surface area contributed by atoms with Gasteiger partial charge in [-0.05, 0) is 48.9 Å². The predicted octanol–water partition coefficient (Wildman–Crippen LogP) is 4.64. The van der Waals surface area contributed by atoms with Crippen LogP contribution in [0.25, 0.3) is 11.1 Å². The summed E-state index contributed by atoms with van der Waals surface area (Å²) in [7, 11) is 1.79. The predicted molar refractivity (Wildman–Crippen MR) is 129 cm³/mol. The zero-order valence-corrected chi connectivity index (χ0v) is 19.9. The Hall–Kier alpha value is -3.07. The van der Waals surface area contributed by atoms with Crippen molar-refractivity contribution in [2.24, 2.45) is 7.05 Å². The summed E-state index contributed by atoms with van der Waals surface area (Å²) >= 11 is 0. The van der Waals surface area contributed by atoms with Gasteiger partial charge in [0.15, 0.2) is 5.82 Å². The number of nitrogens with zero attached hydrogens (tertiary/aromatic N) is 5. The number of aromatic nitrogens is 4. The zero-order valence-electron chi connectivity index (χ0n) is 19.9. The summed E-state index contributed by atoms with van der Waals surface area (Å²) in [5, 5.41) is 12.7. The second-order valence-electron chi connectivity index (χ2n) is 9.94. The van der Waals surface area contributed by atoms with E-state index in [-0.39, 0.29) is 11.6 Å². The minimum atomic E-state index is -2.60. The molecule has 0 radical (unpaired) electrons. The third-order valence-corrected chi connectivity index (χ3v) is 7.62. The maximum absolute atomic E-state index is 14.3. The molecule has 3 aromatic rings. The Kier molecular flexibility index (Phi) is 5.67. The Bertz CT molecular complexity index is 1280. The van der Waals surface area contributed by atoms with Gasteiger partial charge in [0, 0.05) is 80.2 Å². The molecule has 2 aromatic heterocycles. The Morgan fingerprint density at radius 3 is 2.83 bits per heavy atom. The van der Waals surface area contributed by atoms with Crippen LogP contribution in [0.15, 0.2) is 24.5 Å². The molecule has 3 aliphatic rings. The highest BCUT2D eigenvalue weighted by molar-refractivity contribution is 5.80. The lowest BCUT2D eigenvalue weighted by molar-refractivity contribution is -0.121. The molecule has 35 heavy (non-hydrogen) atoms. The third-order valence-electron chi connectivity index (χ3n) is 7.62. The van der Waals surface area contributed by atoms with E-state index in [2.05, 4.69) is 20.0 Å². The van der Waals surface area contributed by atoms with Gasteiger partial charge in [0.05, 0.1) is 12.2 Å². The average molecular weight is 481 g/mol. The molecule has 1 aromatic carbocycles. The van der Waals surface area contributed by atoms with Crippen molar-refractivity contribution in [3.63, 3.8) is 0 Å². The maximum Gasteiger partial charge on any atom is 0.264 e. The highest BCUT2D eigenvalue weighted by Crippen LogP contribution is 2.43. The number of hydrogen-bond acceptors (Lipinski definition) is 5. The van der Waals surface area contributed by atoms with E-state index < -0.39 is 6.43 Å². The normalized spacial score (nSPS) is 20.3. The molecule has 1 aliphatic carbocycles. The van der Waals surface area contributed by atoms with Crippen molar-refractivity contribution < 1.29 is 13.6 Å². The van der Waals surface area contributed by atoms with Gasteiger partial charge in [-0.15, -0.1) is 0 Å². The molecule has 9 heteroatoms. The number of hydrogen-bond donors (Lipinski definition) is 1. The van der Waals surface area contributed by atoms with E-state index in [1.165, 1.54) is 5.69 Å². The molecule has 1 saturated carbocycles. The number of rotatable bonds is 4. The van der Waals surface area contributed by atoms with Crippen LogP contribution in [-0.2, 0) is 31.2 Å². The highest BCUT2D eigenvalue weighted by atomic mass is 19.3. The summed E-state index contributed by atoms with van der Waals surface area (Å²) in [6.07, 6.45) is 6.47. The van der Waals surface area contributed by atoms with Gasteiger partial charge in [0.1, 0.15) is 5.78 Å². The van der Waals surface area contributed by atoms with Crippen molar-refractivity contribution in [3.05, 3.63) is 46.9 Å². The lowest BCUT2D eigenvalue weighted by Crippen LogP contribution is -2.29. The SMILES string of the molecule is Cn1cc(-c2cc3c(cc2C(F)F)N(c2nn(C4CCCC(=O)C4)c4c2CNCC4)CCC3)cn1. The van der Waals surface area contributed by atoms with Crippen LogP contribution in [0.2, 0.25) is 0 Å². The fourth-order valence-electron chi connectivity index (χ4n) is 5.95. The van der Waals surface area contributed by atoms with Crippen LogP contribution in [0, 0.1) is 0 Å². The molecule has 4 heterocycles. The van der Waals surface area contributed by atoms with Gasteiger partial charge in [-0.1, -0.05) is 0 Å². The van der Waals surface area contributed by atoms with Crippen LogP contribution in [-0.4, -0.2) is 38.4 Å². The number of aryl methyl sites for hydroxylation is 2. The molecule has 1 N–H and O–H groups in total. The fraction of sp³-hybridized carbons (Fsp3) is 0.500. The van der Waals surface area contributed by atoms with E-state index in [1.54, 1.807) is 30.2 Å². The van der Waals surface area contributed by atoms with Gasteiger partial charge < -0.3 is 10.2 Å². The number of ketones is 1. The minimum Gasteiger partial charge on any atom is -0.324 e. The Balaban J connectivity index is 1.46. The first-order chi connectivity index (χ1) is 17.0. The summed E-state index contributed by atoms with van der Waals surface area (Å²) in [4.78, 5) is 14.3. The van der Waals surface area contributed by atoms with Gasteiger partial charge >= 0.3 is 0 Å². The smallest absolute Gasteiger partial charge is 0.264 e. The van der Waals surface area contributed by atoms with Gasteiger partial charge in [-0.2, -0.15) is 10.2 Å². The number of alkyl halides is 2. The van der Waals surface area contributed by atoms with E-state index in [0.717, 1.165) is 67.8 Å². The maximum atomic E-state index is 14.3. The first kappa shape index (κ1) is 22.4. The van der Waals surface area contributed by atoms with Crippen molar-refractivity contribution in [3.8, 4) is 11.1 Å². The molecule has 7 nitrogen and oxygen atoms in total. The largest absolute Gasteiger partial charge is 0.324 e. The summed E-state index contributed by atoms with van der Waals surface area (Å²) in [5.74, 6) is 1.15. The van der Waals surface area contributed by atoms with Crippen LogP contribution >= 0.6 is 0 Å². The van der Waals surface area contributed by atoms with Crippen LogP contribution in [0.4, 0.5) is 20.3 Å². The van der Waals surface area contributed by atoms with E-state index in [1.807, 2.05) is 6.07 Å². The van der Waals surface area contributed by atoms with Crippen molar-refractivity contribution >= 4 is 17.3 Å². The van der Waals surface area contributed by atoms with Crippen molar-refractivity contribution in [2.75, 3.05) is 18.0 Å². The number of carbonyl (C=O) groups excluding carboxylic acids is 1. The van der Waals surface area contributed by atoms with Crippen LogP contribution < -0.4 is 10.2 Å². The van der Waals surface area contributed by atoms with Crippen molar-refractivity contribution in [1.82, 2.24) is 24.9 Å². The van der Waals surface area contributed by atoms with Gasteiger partial charge in [-0.3, -0.25) is 14.2 Å². The van der Waals surface area contributed by atoms with Crippen LogP contribution in [0.5, 0.6) is 0 Å². The van der Waals surface area contributed by atoms with Crippen molar-refractivity contribution in [1.29, 1.82) is 0 Å². The van der Waals surface area contributed by atoms with Gasteiger partial charge in [0.25, 0.3) is 6.43 Å². The lowest BCUT2D eigenvalue weighted by atomic mass is 9.92. The molecule has 2 aliphatic heterocycles. The number of nitrogens with one attached hydrogen (secondary N) is 1. The van der Waals surface area contributed by atoms with E-state index in [9.17, 15) is 13.6 Å². The summed E-state index contributed by atoms with van der Waals surface area (Å²) < 4.78 is 32.3. The molecule has 0 spiro atoms. The third kappa shape index (κ3) is 3.95. The van der Waals surface area contributed by atoms with E-state index in [4.69, 9.17) is 5.10 Å². The molecule has 6 rings (SSSR count). The van der Waals surface area contributed by atoms with Gasteiger partial charge in [0.2, 0.25) is 0 Å². The number of anilines is 2. The number of benzene rings is 1. The lowest BCUT2D eigenvalue weighted by Gasteiger charge is -2.32. The number of carbonyl (C=O) groups is 1. The molecular weight excluding hydrogens is 450 g/mol. The van der Waals surface area contributed by atoms with E-state index in [0.29, 0.717) is 36.3 Å². The second kappa shape index (κ2) is 8.86. The number of Topliss-reactive ketones (excluding diaryl/α,β-unsaturated/α-hetero) is 1. The summed E-state index contributed by atoms with van der Waals surface area (Å²) in [5.41, 5.74) is 5.46. The monoisotopic (exact) mass is 480 g/mol. The topological polar surface area (TPSA) is 68.0 Å². The number of fused-ring (bicyclic) bond motifs is 2. The molecule has 184 valence electrons. The standard InChI is InChI=1S/C26H30F2N6O/c1-32-15-17(13-30-32)20-10-16-4-3-9-33(24(16)12-21(20)25(27)28)26-22-14-29-8-7-23(22)34(31-26)18-5-2-6-19(35)11-18/h10,12-13,15,18,25,29H,2-9,11,14H2,1H3. The molecule has 1 unspecified atom stereocenters. The van der Waals surface area contributed by atoms with Gasteiger partial charge in [-0.25, -0.2) is 8.78 Å². The summed E-state index contributed by atoms with van der Waals surface area (Å²) in [6.45, 7) is 2.31. The zero-order chi connectivity index (χ0) is 24.1. The Labute approximate surface area is 203 Å². The second-order valence-corrected chi connectivity index (χ2v) is 9.94. The molecular formula is C26H30F2N6O. The molecule has 1 atom stereocenters. The Morgan fingerprint density at radius 2 is 2.06 bits per heavy atom. The van der Waals surface area contributed by atoms with Crippen LogP contribution in [0.1, 0.15) is 67.0 Å². The first-order valence-corrected chi connectivity index (χ1v) is 12.5. The van der Waals surface area contributed by atoms with E-state index >= 15 is 0 Å². The molecule has 0 bridgehead atoms. The quantitative estimate of drug-likeness (QED) is 0.590. The fourth-order valence-corrected chi connectivity index (χ4v) is 5.95. The van der Waals surface area contributed by atoms with Crippen LogP contribution in [0.3, 0.4) is 0 Å².